The smallest absolute Gasteiger partial charge is 0.327 e. The molecule has 102 valence electrons. The molecular formula is C12H21N3O3. The Balaban J connectivity index is 4.53. The van der Waals surface area contributed by atoms with Crippen LogP contribution in [0.15, 0.2) is 0 Å². The summed E-state index contributed by atoms with van der Waals surface area (Å²) in [6.45, 7) is 6.76. The third-order valence-corrected chi connectivity index (χ3v) is 2.28. The molecule has 0 spiro atoms. The van der Waals surface area contributed by atoms with Gasteiger partial charge >= 0.3 is 5.97 Å². The molecule has 0 aliphatic heterocycles. The molecule has 0 saturated carbocycles. The molecule has 0 aromatic carbocycles. The van der Waals surface area contributed by atoms with Crippen LogP contribution >= 0.6 is 0 Å². The summed E-state index contributed by atoms with van der Waals surface area (Å²) in [6.07, 6.45) is 0.346. The fourth-order valence-electron chi connectivity index (χ4n) is 1.67. The van der Waals surface area contributed by atoms with Gasteiger partial charge in [0.1, 0.15) is 6.04 Å². The van der Waals surface area contributed by atoms with E-state index in [0.717, 1.165) is 0 Å². The molecule has 6 nitrogen and oxygen atoms in total. The summed E-state index contributed by atoms with van der Waals surface area (Å²) >= 11 is 0. The maximum Gasteiger partial charge on any atom is 0.327 e. The Labute approximate surface area is 108 Å². The molecule has 0 saturated heterocycles. The molecule has 0 heterocycles. The average molecular weight is 255 g/mol. The lowest BCUT2D eigenvalue weighted by Crippen LogP contribution is -2.48. The van der Waals surface area contributed by atoms with Gasteiger partial charge in [0.05, 0.1) is 6.07 Å². The first-order chi connectivity index (χ1) is 8.36. The fourth-order valence-corrected chi connectivity index (χ4v) is 1.67. The van der Waals surface area contributed by atoms with Gasteiger partial charge in [0.25, 0.3) is 0 Å². The van der Waals surface area contributed by atoms with Crippen LogP contribution in [-0.2, 0) is 9.59 Å². The van der Waals surface area contributed by atoms with E-state index in [1.165, 1.54) is 6.92 Å². The van der Waals surface area contributed by atoms with Crippen LogP contribution in [0.4, 0.5) is 0 Å². The lowest BCUT2D eigenvalue weighted by atomic mass is 10.1. The van der Waals surface area contributed by atoms with Gasteiger partial charge in [-0.1, -0.05) is 13.8 Å². The lowest BCUT2D eigenvalue weighted by Gasteiger charge is -2.26. The quantitative estimate of drug-likeness (QED) is 0.656. The number of carbonyl (C=O) groups excluding carboxylic acids is 1. The first-order valence-electron chi connectivity index (χ1n) is 5.96. The minimum Gasteiger partial charge on any atom is -0.480 e. The first kappa shape index (κ1) is 16.4. The molecule has 18 heavy (non-hydrogen) atoms. The summed E-state index contributed by atoms with van der Waals surface area (Å²) in [5.74, 6) is -1.06. The highest BCUT2D eigenvalue weighted by Gasteiger charge is 2.22. The third kappa shape index (κ3) is 7.63. The van der Waals surface area contributed by atoms with Crippen molar-refractivity contribution in [1.29, 1.82) is 5.26 Å². The highest BCUT2D eigenvalue weighted by Crippen LogP contribution is 2.02. The summed E-state index contributed by atoms with van der Waals surface area (Å²) < 4.78 is 0. The van der Waals surface area contributed by atoms with Crippen LogP contribution in [0.2, 0.25) is 0 Å². The van der Waals surface area contributed by atoms with Gasteiger partial charge in [0, 0.05) is 33.0 Å². The number of carboxylic acid groups (broad SMARTS) is 1. The van der Waals surface area contributed by atoms with Crippen molar-refractivity contribution in [2.24, 2.45) is 5.92 Å². The zero-order valence-electron chi connectivity index (χ0n) is 11.1. The van der Waals surface area contributed by atoms with E-state index in [0.29, 0.717) is 25.4 Å². The van der Waals surface area contributed by atoms with E-state index in [-0.39, 0.29) is 12.5 Å². The SMILES string of the molecule is CC(=O)NC(CN(CCC#N)CC(C)C)C(=O)O. The normalized spacial score (nSPS) is 12.2. The predicted octanol–water partition coefficient (Wildman–Crippen LogP) is 0.447. The van der Waals surface area contributed by atoms with Crippen molar-refractivity contribution in [3.8, 4) is 6.07 Å². The summed E-state index contributed by atoms with van der Waals surface area (Å²) in [7, 11) is 0. The zero-order chi connectivity index (χ0) is 14.1. The second-order valence-corrected chi connectivity index (χ2v) is 4.65. The summed E-state index contributed by atoms with van der Waals surface area (Å²) in [6, 6.07) is 1.11. The van der Waals surface area contributed by atoms with E-state index < -0.39 is 12.0 Å². The fraction of sp³-hybridized carbons (Fsp3) is 0.750. The topological polar surface area (TPSA) is 93.4 Å². The highest BCUT2D eigenvalue weighted by molar-refractivity contribution is 5.82. The Morgan fingerprint density at radius 1 is 1.39 bits per heavy atom. The van der Waals surface area contributed by atoms with E-state index in [1.807, 2.05) is 24.8 Å². The number of rotatable bonds is 8. The second kappa shape index (κ2) is 8.48. The van der Waals surface area contributed by atoms with Gasteiger partial charge in [0.2, 0.25) is 5.91 Å². The molecule has 0 aromatic rings. The number of nitrogens with one attached hydrogen (secondary N) is 1. The largest absolute Gasteiger partial charge is 0.480 e. The maximum absolute atomic E-state index is 11.0. The molecular weight excluding hydrogens is 234 g/mol. The standard InChI is InChI=1S/C12H21N3O3/c1-9(2)7-15(6-4-5-13)8-11(12(17)18)14-10(3)16/h9,11H,4,6-8H2,1-3H3,(H,14,16)(H,17,18). The van der Waals surface area contributed by atoms with Crippen molar-refractivity contribution in [2.45, 2.75) is 33.2 Å². The molecule has 6 heteroatoms. The van der Waals surface area contributed by atoms with E-state index in [1.54, 1.807) is 0 Å². The third-order valence-electron chi connectivity index (χ3n) is 2.28. The number of carbonyl (C=O) groups is 2. The highest BCUT2D eigenvalue weighted by atomic mass is 16.4. The van der Waals surface area contributed by atoms with Crippen molar-refractivity contribution in [1.82, 2.24) is 10.2 Å². The van der Waals surface area contributed by atoms with Gasteiger partial charge in [-0.2, -0.15) is 5.26 Å². The number of nitriles is 1. The van der Waals surface area contributed by atoms with Crippen LogP contribution in [-0.4, -0.2) is 47.6 Å². The molecule has 0 rings (SSSR count). The van der Waals surface area contributed by atoms with Gasteiger partial charge < -0.3 is 10.4 Å². The van der Waals surface area contributed by atoms with E-state index in [9.17, 15) is 9.59 Å². The van der Waals surface area contributed by atoms with Crippen LogP contribution in [0.25, 0.3) is 0 Å². The Morgan fingerprint density at radius 3 is 2.39 bits per heavy atom. The molecule has 1 atom stereocenters. The molecule has 0 aliphatic rings. The Morgan fingerprint density at radius 2 is 2.00 bits per heavy atom. The van der Waals surface area contributed by atoms with Crippen molar-refractivity contribution in [3.05, 3.63) is 0 Å². The van der Waals surface area contributed by atoms with Gasteiger partial charge in [-0.15, -0.1) is 0 Å². The minimum atomic E-state index is -1.06. The number of amides is 1. The Hall–Kier alpha value is -1.61. The summed E-state index contributed by atoms with van der Waals surface area (Å²) in [4.78, 5) is 23.8. The van der Waals surface area contributed by atoms with Crippen LogP contribution in [0.3, 0.4) is 0 Å². The Kier molecular flexibility index (Phi) is 7.72. The summed E-state index contributed by atoms with van der Waals surface area (Å²) in [5.41, 5.74) is 0. The second-order valence-electron chi connectivity index (χ2n) is 4.65. The van der Waals surface area contributed by atoms with Crippen molar-refractivity contribution in [2.75, 3.05) is 19.6 Å². The monoisotopic (exact) mass is 255 g/mol. The van der Waals surface area contributed by atoms with Gasteiger partial charge in [-0.3, -0.25) is 9.69 Å². The number of hydrogen-bond acceptors (Lipinski definition) is 4. The van der Waals surface area contributed by atoms with E-state index >= 15 is 0 Å². The zero-order valence-corrected chi connectivity index (χ0v) is 11.1. The minimum absolute atomic E-state index is 0.217. The average Bonchev–Trinajstić information content (AvgIpc) is 2.23. The number of nitrogens with zero attached hydrogens (tertiary/aromatic N) is 2. The molecule has 0 aliphatic carbocycles. The lowest BCUT2D eigenvalue weighted by molar-refractivity contribution is -0.142. The molecule has 2 N–H and O–H groups in total. The van der Waals surface area contributed by atoms with Crippen molar-refractivity contribution < 1.29 is 14.7 Å². The van der Waals surface area contributed by atoms with E-state index in [4.69, 9.17) is 10.4 Å². The number of carboxylic acids is 1. The van der Waals surface area contributed by atoms with Crippen LogP contribution in [0.1, 0.15) is 27.2 Å². The number of hydrogen-bond donors (Lipinski definition) is 2. The van der Waals surface area contributed by atoms with Crippen molar-refractivity contribution >= 4 is 11.9 Å². The molecule has 0 bridgehead atoms. The molecule has 1 amide bonds. The van der Waals surface area contributed by atoms with Gasteiger partial charge in [-0.25, -0.2) is 4.79 Å². The van der Waals surface area contributed by atoms with E-state index in [2.05, 4.69) is 5.32 Å². The van der Waals surface area contributed by atoms with Gasteiger partial charge in [-0.05, 0) is 5.92 Å². The van der Waals surface area contributed by atoms with Crippen LogP contribution in [0, 0.1) is 17.2 Å². The van der Waals surface area contributed by atoms with Crippen LogP contribution in [0.5, 0.6) is 0 Å². The predicted molar refractivity (Wildman–Crippen MR) is 66.7 cm³/mol. The molecule has 0 fully saturated rings. The molecule has 0 aromatic heterocycles. The van der Waals surface area contributed by atoms with Gasteiger partial charge in [0.15, 0.2) is 0 Å². The maximum atomic E-state index is 11.0. The molecule has 0 radical (unpaired) electrons. The number of aliphatic carboxylic acids is 1. The van der Waals surface area contributed by atoms with Crippen molar-refractivity contribution in [3.63, 3.8) is 0 Å². The molecule has 1 unspecified atom stereocenters. The Bertz CT molecular complexity index is 323. The summed E-state index contributed by atoms with van der Waals surface area (Å²) in [5, 5.41) is 20.0. The first-order valence-corrected chi connectivity index (χ1v) is 5.96. The van der Waals surface area contributed by atoms with Crippen LogP contribution < -0.4 is 5.32 Å².